The van der Waals surface area contributed by atoms with Gasteiger partial charge in [-0.1, -0.05) is 6.58 Å². The van der Waals surface area contributed by atoms with Crippen LogP contribution in [0.25, 0.3) is 0 Å². The molecule has 3 rings (SSSR count). The number of carbonyl (C=O) groups excluding carboxylic acids is 1. The topological polar surface area (TPSA) is 69.6 Å². The number of anilines is 1. The number of hydrogen-bond donors (Lipinski definition) is 1. The van der Waals surface area contributed by atoms with E-state index in [1.165, 1.54) is 25.9 Å². The van der Waals surface area contributed by atoms with Gasteiger partial charge in [0.1, 0.15) is 5.84 Å². The third-order valence-corrected chi connectivity index (χ3v) is 7.31. The zero-order valence-electron chi connectivity index (χ0n) is 23.2. The van der Waals surface area contributed by atoms with Gasteiger partial charge in [-0.15, -0.1) is 0 Å². The van der Waals surface area contributed by atoms with Crippen LogP contribution in [0.4, 0.5) is 5.69 Å². The Kier molecular flexibility index (Phi) is 11.3. The fourth-order valence-electron chi connectivity index (χ4n) is 4.76. The summed E-state index contributed by atoms with van der Waals surface area (Å²) < 4.78 is 11.6. The Labute approximate surface area is 223 Å². The van der Waals surface area contributed by atoms with Crippen LogP contribution in [-0.4, -0.2) is 81.6 Å². The molecule has 37 heavy (non-hydrogen) atoms. The summed E-state index contributed by atoms with van der Waals surface area (Å²) in [7, 11) is 3.66. The summed E-state index contributed by atoms with van der Waals surface area (Å²) in [5.41, 5.74) is 1.82. The first-order valence-corrected chi connectivity index (χ1v) is 13.5. The summed E-state index contributed by atoms with van der Waals surface area (Å²) >= 11 is 0. The summed E-state index contributed by atoms with van der Waals surface area (Å²) in [5, 5.41) is 3.39. The number of amidine groups is 1. The van der Waals surface area contributed by atoms with Crippen molar-refractivity contribution in [3.8, 4) is 11.5 Å². The summed E-state index contributed by atoms with van der Waals surface area (Å²) in [5.74, 6) is 3.07. The molecule has 0 radical (unpaired) electrons. The largest absolute Gasteiger partial charge is 0.493 e. The number of nitrogens with zero attached hydrogens (tertiary/aromatic N) is 4. The SMILES string of the molecule is C=C(/C=C\N=C(/C)N(C)c1ccc(OC)c(OCCCN2CCCC2)c1)NCC1CCN(C(C)=O)CC1. The molecule has 0 aliphatic carbocycles. The highest BCUT2D eigenvalue weighted by Crippen LogP contribution is 2.32. The molecule has 2 saturated heterocycles. The van der Waals surface area contributed by atoms with Crippen LogP contribution in [0.5, 0.6) is 11.5 Å². The molecular weight excluding hydrogens is 466 g/mol. The molecule has 2 fully saturated rings. The Morgan fingerprint density at radius 1 is 1.19 bits per heavy atom. The van der Waals surface area contributed by atoms with Crippen molar-refractivity contribution in [1.29, 1.82) is 0 Å². The second-order valence-corrected chi connectivity index (χ2v) is 9.99. The van der Waals surface area contributed by atoms with Gasteiger partial charge in [0.25, 0.3) is 0 Å². The molecule has 2 aliphatic rings. The number of amides is 1. The van der Waals surface area contributed by atoms with Crippen molar-refractivity contribution < 1.29 is 14.3 Å². The van der Waals surface area contributed by atoms with Crippen LogP contribution in [-0.2, 0) is 4.79 Å². The Morgan fingerprint density at radius 2 is 1.92 bits per heavy atom. The van der Waals surface area contributed by atoms with Gasteiger partial charge in [-0.3, -0.25) is 4.79 Å². The number of allylic oxidation sites excluding steroid dienone is 1. The molecule has 0 saturated carbocycles. The summed E-state index contributed by atoms with van der Waals surface area (Å²) in [6.45, 7) is 14.4. The van der Waals surface area contributed by atoms with Gasteiger partial charge in [0.15, 0.2) is 11.5 Å². The highest BCUT2D eigenvalue weighted by Gasteiger charge is 2.20. The van der Waals surface area contributed by atoms with Crippen molar-refractivity contribution in [1.82, 2.24) is 15.1 Å². The van der Waals surface area contributed by atoms with Crippen molar-refractivity contribution in [2.24, 2.45) is 10.9 Å². The van der Waals surface area contributed by atoms with Crippen LogP contribution in [0.3, 0.4) is 0 Å². The first kappa shape index (κ1) is 28.6. The van der Waals surface area contributed by atoms with E-state index in [-0.39, 0.29) is 5.91 Å². The monoisotopic (exact) mass is 511 g/mol. The van der Waals surface area contributed by atoms with Crippen LogP contribution >= 0.6 is 0 Å². The van der Waals surface area contributed by atoms with E-state index in [0.717, 1.165) is 74.2 Å². The first-order chi connectivity index (χ1) is 17.9. The number of methoxy groups -OCH3 is 1. The lowest BCUT2D eigenvalue weighted by molar-refractivity contribution is -0.130. The highest BCUT2D eigenvalue weighted by molar-refractivity contribution is 5.96. The molecule has 8 heteroatoms. The minimum atomic E-state index is 0.170. The number of benzene rings is 1. The molecule has 1 aromatic carbocycles. The number of rotatable bonds is 12. The van der Waals surface area contributed by atoms with E-state index >= 15 is 0 Å². The number of carbonyl (C=O) groups is 1. The van der Waals surface area contributed by atoms with Crippen LogP contribution < -0.4 is 19.7 Å². The summed E-state index contributed by atoms with van der Waals surface area (Å²) in [6, 6.07) is 5.96. The fraction of sp³-hybridized carbons (Fsp3) is 0.586. The van der Waals surface area contributed by atoms with E-state index in [1.54, 1.807) is 20.2 Å². The number of hydrogen-bond acceptors (Lipinski definition) is 6. The summed E-state index contributed by atoms with van der Waals surface area (Å²) in [4.78, 5) is 22.5. The standard InChI is InChI=1S/C29H45N5O3/c1-23(31-22-26-12-18-34(19-13-26)25(3)35)11-14-30-24(2)32(4)27-9-10-28(36-5)29(21-27)37-20-8-17-33-15-6-7-16-33/h9-11,14,21,26,31H,1,6-8,12-13,15-20,22H2,2-5H3/b14-11-,30-24+. The third-order valence-electron chi connectivity index (χ3n) is 7.31. The van der Waals surface area contributed by atoms with E-state index in [1.807, 2.05) is 48.0 Å². The Hall–Kier alpha value is -3.00. The average molecular weight is 512 g/mol. The van der Waals surface area contributed by atoms with Crippen molar-refractivity contribution in [3.63, 3.8) is 0 Å². The van der Waals surface area contributed by atoms with Gasteiger partial charge in [0.05, 0.1) is 13.7 Å². The van der Waals surface area contributed by atoms with Gasteiger partial charge in [-0.2, -0.15) is 0 Å². The van der Waals surface area contributed by atoms with Crippen molar-refractivity contribution in [2.45, 2.75) is 46.0 Å². The maximum atomic E-state index is 11.5. The Balaban J connectivity index is 1.46. The van der Waals surface area contributed by atoms with Gasteiger partial charge in [0.2, 0.25) is 5.91 Å². The smallest absolute Gasteiger partial charge is 0.219 e. The number of ether oxygens (including phenoxy) is 2. The Bertz CT molecular complexity index is 947. The third kappa shape index (κ3) is 9.11. The molecule has 1 aromatic rings. The van der Waals surface area contributed by atoms with Gasteiger partial charge in [0, 0.05) is 63.8 Å². The predicted octanol–water partition coefficient (Wildman–Crippen LogP) is 4.29. The van der Waals surface area contributed by atoms with Gasteiger partial charge in [-0.25, -0.2) is 4.99 Å². The van der Waals surface area contributed by atoms with Gasteiger partial charge in [-0.05, 0) is 76.2 Å². The van der Waals surface area contributed by atoms with Crippen LogP contribution in [0.1, 0.15) is 46.0 Å². The highest BCUT2D eigenvalue weighted by atomic mass is 16.5. The maximum Gasteiger partial charge on any atom is 0.219 e. The lowest BCUT2D eigenvalue weighted by atomic mass is 9.96. The minimum Gasteiger partial charge on any atom is -0.493 e. The van der Waals surface area contributed by atoms with Crippen LogP contribution in [0.15, 0.2) is 47.7 Å². The molecular formula is C29H45N5O3. The lowest BCUT2D eigenvalue weighted by Gasteiger charge is -2.31. The quantitative estimate of drug-likeness (QED) is 0.195. The van der Waals surface area contributed by atoms with Crippen molar-refractivity contribution in [3.05, 3.63) is 42.8 Å². The van der Waals surface area contributed by atoms with Gasteiger partial charge >= 0.3 is 0 Å². The normalized spacial score (nSPS) is 17.3. The minimum absolute atomic E-state index is 0.170. The number of piperidine rings is 1. The van der Waals surface area contributed by atoms with Crippen molar-refractivity contribution >= 4 is 17.4 Å². The molecule has 0 unspecified atom stereocenters. The predicted molar refractivity (Wildman–Crippen MR) is 152 cm³/mol. The van der Waals surface area contributed by atoms with E-state index < -0.39 is 0 Å². The molecule has 0 atom stereocenters. The molecule has 1 N–H and O–H groups in total. The second-order valence-electron chi connectivity index (χ2n) is 9.99. The molecule has 2 heterocycles. The lowest BCUT2D eigenvalue weighted by Crippen LogP contribution is -2.39. The summed E-state index contributed by atoms with van der Waals surface area (Å²) in [6.07, 6.45) is 9.35. The van der Waals surface area contributed by atoms with Crippen LogP contribution in [0.2, 0.25) is 0 Å². The zero-order valence-corrected chi connectivity index (χ0v) is 23.2. The molecule has 0 aromatic heterocycles. The number of likely N-dealkylation sites (tertiary alicyclic amines) is 2. The van der Waals surface area contributed by atoms with E-state index in [0.29, 0.717) is 12.5 Å². The molecule has 0 spiro atoms. The molecule has 0 bridgehead atoms. The Morgan fingerprint density at radius 3 is 2.59 bits per heavy atom. The molecule has 2 aliphatic heterocycles. The first-order valence-electron chi connectivity index (χ1n) is 13.5. The maximum absolute atomic E-state index is 11.5. The number of aliphatic imine (C=N–C) groups is 1. The molecule has 1 amide bonds. The average Bonchev–Trinajstić information content (AvgIpc) is 3.43. The van der Waals surface area contributed by atoms with E-state index in [9.17, 15) is 4.79 Å². The van der Waals surface area contributed by atoms with Gasteiger partial charge < -0.3 is 29.5 Å². The zero-order chi connectivity index (χ0) is 26.6. The fourth-order valence-corrected chi connectivity index (χ4v) is 4.76. The number of nitrogens with one attached hydrogen (secondary N) is 1. The molecule has 204 valence electrons. The second kappa shape index (κ2) is 14.7. The van der Waals surface area contributed by atoms with E-state index in [2.05, 4.69) is 21.8 Å². The van der Waals surface area contributed by atoms with E-state index in [4.69, 9.17) is 9.47 Å². The van der Waals surface area contributed by atoms with Crippen molar-refractivity contribution in [2.75, 3.05) is 64.9 Å². The van der Waals surface area contributed by atoms with Crippen LogP contribution in [0, 0.1) is 5.92 Å². The molecule has 8 nitrogen and oxygen atoms in total.